The first-order valence-electron chi connectivity index (χ1n) is 12.5. The van der Waals surface area contributed by atoms with Gasteiger partial charge < -0.3 is 15.0 Å². The van der Waals surface area contributed by atoms with E-state index < -0.39 is 6.04 Å². The molecule has 38 heavy (non-hydrogen) atoms. The van der Waals surface area contributed by atoms with E-state index in [1.54, 1.807) is 24.1 Å². The largest absolute Gasteiger partial charge is 0.497 e. The Hall–Kier alpha value is -4.09. The number of methoxy groups -OCH3 is 1. The van der Waals surface area contributed by atoms with Crippen molar-refractivity contribution >= 4 is 23.4 Å². The number of amides is 2. The van der Waals surface area contributed by atoms with E-state index in [1.807, 2.05) is 97.1 Å². The molecule has 4 rings (SSSR count). The van der Waals surface area contributed by atoms with Gasteiger partial charge in [-0.1, -0.05) is 96.5 Å². The van der Waals surface area contributed by atoms with E-state index in [2.05, 4.69) is 5.32 Å². The Labute approximate surface area is 229 Å². The van der Waals surface area contributed by atoms with Crippen molar-refractivity contribution in [2.24, 2.45) is 0 Å². The van der Waals surface area contributed by atoms with E-state index in [9.17, 15) is 9.59 Å². The van der Waals surface area contributed by atoms with Gasteiger partial charge in [0.25, 0.3) is 0 Å². The Morgan fingerprint density at radius 1 is 0.763 bits per heavy atom. The molecule has 0 aliphatic heterocycles. The number of nitrogens with one attached hydrogen (secondary N) is 1. The zero-order valence-corrected chi connectivity index (χ0v) is 22.1. The van der Waals surface area contributed by atoms with Crippen molar-refractivity contribution in [2.75, 3.05) is 7.11 Å². The highest BCUT2D eigenvalue weighted by Gasteiger charge is 2.30. The molecule has 0 saturated carbocycles. The number of carbonyl (C=O) groups excluding carboxylic acids is 2. The van der Waals surface area contributed by atoms with Gasteiger partial charge in [0.1, 0.15) is 11.8 Å². The second-order valence-electron chi connectivity index (χ2n) is 9.08. The van der Waals surface area contributed by atoms with E-state index >= 15 is 0 Å². The zero-order chi connectivity index (χ0) is 26.7. The summed E-state index contributed by atoms with van der Waals surface area (Å²) in [6, 6.07) is 33.6. The van der Waals surface area contributed by atoms with Crippen LogP contribution in [0, 0.1) is 0 Å². The van der Waals surface area contributed by atoms with E-state index in [-0.39, 0.29) is 18.2 Å². The molecule has 4 aromatic rings. The summed E-state index contributed by atoms with van der Waals surface area (Å²) in [4.78, 5) is 29.2. The summed E-state index contributed by atoms with van der Waals surface area (Å²) in [6.45, 7) is 0.666. The summed E-state index contributed by atoms with van der Waals surface area (Å²) in [7, 11) is 1.62. The van der Waals surface area contributed by atoms with Gasteiger partial charge >= 0.3 is 0 Å². The Morgan fingerprint density at radius 2 is 1.34 bits per heavy atom. The Kier molecular flexibility index (Phi) is 9.54. The van der Waals surface area contributed by atoms with Crippen molar-refractivity contribution in [1.82, 2.24) is 10.2 Å². The molecule has 194 valence electrons. The molecule has 0 aliphatic carbocycles. The highest BCUT2D eigenvalue weighted by molar-refractivity contribution is 6.30. The van der Waals surface area contributed by atoms with E-state index in [1.165, 1.54) is 0 Å². The Bertz CT molecular complexity index is 1310. The lowest BCUT2D eigenvalue weighted by Gasteiger charge is -2.31. The lowest BCUT2D eigenvalue weighted by Crippen LogP contribution is -2.50. The van der Waals surface area contributed by atoms with Crippen LogP contribution in [0.15, 0.2) is 109 Å². The molecule has 0 radical (unpaired) electrons. The van der Waals surface area contributed by atoms with Crippen molar-refractivity contribution in [3.8, 4) is 5.75 Å². The number of halogens is 1. The maximum Gasteiger partial charge on any atom is 0.243 e. The summed E-state index contributed by atoms with van der Waals surface area (Å²) in [5.74, 6) is 0.422. The van der Waals surface area contributed by atoms with Gasteiger partial charge in [-0.05, 0) is 46.5 Å². The third-order valence-electron chi connectivity index (χ3n) is 6.36. The summed E-state index contributed by atoms with van der Waals surface area (Å²) in [5, 5.41) is 3.67. The number of rotatable bonds is 11. The predicted molar refractivity (Wildman–Crippen MR) is 151 cm³/mol. The molecule has 2 amide bonds. The fourth-order valence-corrected chi connectivity index (χ4v) is 4.39. The number of nitrogens with zero attached hydrogens (tertiary/aromatic N) is 1. The molecule has 0 fully saturated rings. The second kappa shape index (κ2) is 13.5. The van der Waals surface area contributed by atoms with Crippen molar-refractivity contribution in [3.63, 3.8) is 0 Å². The molecule has 0 aromatic heterocycles. The molecule has 6 heteroatoms. The minimum atomic E-state index is -0.698. The Morgan fingerprint density at radius 3 is 1.95 bits per heavy atom. The highest BCUT2D eigenvalue weighted by atomic mass is 35.5. The van der Waals surface area contributed by atoms with Crippen LogP contribution in [-0.4, -0.2) is 29.9 Å². The van der Waals surface area contributed by atoms with Gasteiger partial charge in [-0.2, -0.15) is 0 Å². The van der Waals surface area contributed by atoms with Gasteiger partial charge in [0.05, 0.1) is 13.5 Å². The third kappa shape index (κ3) is 7.70. The summed E-state index contributed by atoms with van der Waals surface area (Å²) < 4.78 is 5.23. The minimum Gasteiger partial charge on any atom is -0.497 e. The summed E-state index contributed by atoms with van der Waals surface area (Å²) in [5.41, 5.74) is 3.72. The predicted octanol–water partition coefficient (Wildman–Crippen LogP) is 5.85. The number of hydrogen-bond donors (Lipinski definition) is 1. The first kappa shape index (κ1) is 27.0. The first-order chi connectivity index (χ1) is 18.5. The van der Waals surface area contributed by atoms with Crippen LogP contribution in [0.4, 0.5) is 0 Å². The molecule has 0 unspecified atom stereocenters. The van der Waals surface area contributed by atoms with Gasteiger partial charge in [0.15, 0.2) is 0 Å². The number of carbonyl (C=O) groups is 2. The lowest BCUT2D eigenvalue weighted by atomic mass is 10.0. The molecular weight excluding hydrogens is 496 g/mol. The maximum atomic E-state index is 13.8. The van der Waals surface area contributed by atoms with Crippen LogP contribution in [0.1, 0.15) is 22.3 Å². The SMILES string of the molecule is COc1ccc(CNC(=O)[C@H](Cc2ccccc2)N(Cc2ccccc2)C(=O)Cc2ccc(Cl)cc2)cc1. The first-order valence-corrected chi connectivity index (χ1v) is 12.9. The zero-order valence-electron chi connectivity index (χ0n) is 21.3. The van der Waals surface area contributed by atoms with Crippen molar-refractivity contribution in [1.29, 1.82) is 0 Å². The fourth-order valence-electron chi connectivity index (χ4n) is 4.26. The second-order valence-corrected chi connectivity index (χ2v) is 9.52. The number of benzene rings is 4. The highest BCUT2D eigenvalue weighted by Crippen LogP contribution is 2.18. The monoisotopic (exact) mass is 526 g/mol. The van der Waals surface area contributed by atoms with Gasteiger partial charge in [-0.15, -0.1) is 0 Å². The molecule has 5 nitrogen and oxygen atoms in total. The van der Waals surface area contributed by atoms with Gasteiger partial charge in [-0.25, -0.2) is 0 Å². The average molecular weight is 527 g/mol. The van der Waals surface area contributed by atoms with E-state index in [0.717, 1.165) is 28.0 Å². The fraction of sp³-hybridized carbons (Fsp3) is 0.188. The van der Waals surface area contributed by atoms with E-state index in [0.29, 0.717) is 24.5 Å². The third-order valence-corrected chi connectivity index (χ3v) is 6.61. The van der Waals surface area contributed by atoms with Crippen LogP contribution in [-0.2, 0) is 35.5 Å². The average Bonchev–Trinajstić information content (AvgIpc) is 2.96. The molecule has 0 spiro atoms. The van der Waals surface area contributed by atoms with Crippen LogP contribution in [0.2, 0.25) is 5.02 Å². The number of hydrogen-bond acceptors (Lipinski definition) is 3. The molecular formula is C32H31ClN2O3. The summed E-state index contributed by atoms with van der Waals surface area (Å²) in [6.07, 6.45) is 0.565. The lowest BCUT2D eigenvalue weighted by molar-refractivity contribution is -0.140. The van der Waals surface area contributed by atoms with Crippen LogP contribution >= 0.6 is 11.6 Å². The van der Waals surface area contributed by atoms with Crippen LogP contribution in [0.3, 0.4) is 0 Å². The molecule has 1 atom stereocenters. The van der Waals surface area contributed by atoms with Gasteiger partial charge in [0, 0.05) is 24.5 Å². The number of ether oxygens (including phenoxy) is 1. The quantitative estimate of drug-likeness (QED) is 0.267. The van der Waals surface area contributed by atoms with Gasteiger partial charge in [-0.3, -0.25) is 9.59 Å². The van der Waals surface area contributed by atoms with E-state index in [4.69, 9.17) is 16.3 Å². The molecule has 0 aliphatic rings. The van der Waals surface area contributed by atoms with Crippen molar-refractivity contribution in [2.45, 2.75) is 32.0 Å². The topological polar surface area (TPSA) is 58.6 Å². The van der Waals surface area contributed by atoms with Crippen LogP contribution < -0.4 is 10.1 Å². The standard InChI is InChI=1S/C32H31ClN2O3/c1-38-29-18-14-26(15-19-29)22-34-32(37)30(20-24-8-4-2-5-9-24)35(23-27-10-6-3-7-11-27)31(36)21-25-12-16-28(33)17-13-25/h2-19,30H,20-23H2,1H3,(H,34,37)/t30-/m0/s1. The smallest absolute Gasteiger partial charge is 0.243 e. The minimum absolute atomic E-state index is 0.128. The van der Waals surface area contributed by atoms with Gasteiger partial charge in [0.2, 0.25) is 11.8 Å². The summed E-state index contributed by atoms with van der Waals surface area (Å²) >= 11 is 6.05. The Balaban J connectivity index is 1.61. The van der Waals surface area contributed by atoms with Crippen LogP contribution in [0.5, 0.6) is 5.75 Å². The van der Waals surface area contributed by atoms with Crippen molar-refractivity contribution < 1.29 is 14.3 Å². The molecule has 0 heterocycles. The molecule has 1 N–H and O–H groups in total. The normalized spacial score (nSPS) is 11.4. The molecule has 0 saturated heterocycles. The van der Waals surface area contributed by atoms with Crippen molar-refractivity contribution in [3.05, 3.63) is 136 Å². The maximum absolute atomic E-state index is 13.8. The molecule has 0 bridgehead atoms. The van der Waals surface area contributed by atoms with Crippen LogP contribution in [0.25, 0.3) is 0 Å². The molecule has 4 aromatic carbocycles.